The Morgan fingerprint density at radius 3 is 2.08 bits per heavy atom. The largest absolute Gasteiger partial charge is 0.386 e. The van der Waals surface area contributed by atoms with Crippen molar-refractivity contribution in [1.82, 2.24) is 5.32 Å². The number of benzene rings is 1. The molecule has 0 aromatic heterocycles. The fraction of sp³-hybridized carbons (Fsp3) is 0.682. The summed E-state index contributed by atoms with van der Waals surface area (Å²) < 4.78 is 0. The number of hydrogen-bond donors (Lipinski definition) is 2. The highest BCUT2D eigenvalue weighted by Crippen LogP contribution is 2.61. The number of carbonyl (C=O) groups is 1. The Morgan fingerprint density at radius 2 is 1.60 bits per heavy atom. The third kappa shape index (κ3) is 3.62. The van der Waals surface area contributed by atoms with Crippen LogP contribution in [0, 0.1) is 23.2 Å². The molecule has 2 N–H and O–H groups in total. The van der Waals surface area contributed by atoms with Gasteiger partial charge in [0.05, 0.1) is 5.60 Å². The predicted molar refractivity (Wildman–Crippen MR) is 98.8 cm³/mol. The summed E-state index contributed by atoms with van der Waals surface area (Å²) in [7, 11) is 0. The second kappa shape index (κ2) is 6.12. The van der Waals surface area contributed by atoms with Gasteiger partial charge in [-0.05, 0) is 86.7 Å². The first-order valence-corrected chi connectivity index (χ1v) is 9.90. The summed E-state index contributed by atoms with van der Waals surface area (Å²) in [6.07, 6.45) is 8.85. The molecule has 1 aromatic carbocycles. The summed E-state index contributed by atoms with van der Waals surface area (Å²) >= 11 is 0. The number of nitrogens with one attached hydrogen (secondary N) is 1. The van der Waals surface area contributed by atoms with Crippen LogP contribution in [-0.4, -0.2) is 11.0 Å². The fourth-order valence-corrected chi connectivity index (χ4v) is 6.14. The Morgan fingerprint density at radius 1 is 1.08 bits per heavy atom. The van der Waals surface area contributed by atoms with Gasteiger partial charge in [0.15, 0.2) is 0 Å². The molecule has 136 valence electrons. The summed E-state index contributed by atoms with van der Waals surface area (Å²) in [5.74, 6) is 2.91. The number of aliphatic hydroxyl groups is 1. The van der Waals surface area contributed by atoms with Gasteiger partial charge in [-0.1, -0.05) is 24.3 Å². The van der Waals surface area contributed by atoms with E-state index in [-0.39, 0.29) is 5.91 Å². The average molecular weight is 341 g/mol. The number of amides is 1. The van der Waals surface area contributed by atoms with E-state index < -0.39 is 5.60 Å². The van der Waals surface area contributed by atoms with Crippen LogP contribution in [0.15, 0.2) is 24.3 Å². The van der Waals surface area contributed by atoms with Crippen molar-refractivity contribution >= 4 is 5.91 Å². The van der Waals surface area contributed by atoms with Gasteiger partial charge >= 0.3 is 0 Å². The second-order valence-electron chi connectivity index (χ2n) is 9.63. The summed E-state index contributed by atoms with van der Waals surface area (Å²) in [5.41, 5.74) is 1.48. The Bertz CT molecular complexity index is 606. The lowest BCUT2D eigenvalue weighted by atomic mass is 9.49. The van der Waals surface area contributed by atoms with Crippen LogP contribution in [0.2, 0.25) is 0 Å². The number of hydrogen-bond acceptors (Lipinski definition) is 2. The molecule has 0 atom stereocenters. The second-order valence-corrected chi connectivity index (χ2v) is 9.63. The van der Waals surface area contributed by atoms with E-state index in [1.807, 2.05) is 24.3 Å². The van der Waals surface area contributed by atoms with Crippen LogP contribution in [0.5, 0.6) is 0 Å². The van der Waals surface area contributed by atoms with Gasteiger partial charge in [-0.3, -0.25) is 4.79 Å². The maximum absolute atomic E-state index is 12.6. The molecule has 4 aliphatic carbocycles. The molecule has 3 nitrogen and oxygen atoms in total. The number of carbonyl (C=O) groups excluding carboxylic acids is 1. The molecule has 4 aliphatic rings. The molecule has 0 saturated heterocycles. The Labute approximate surface area is 151 Å². The molecular weight excluding hydrogens is 310 g/mol. The molecule has 0 heterocycles. The van der Waals surface area contributed by atoms with Gasteiger partial charge in [0.25, 0.3) is 0 Å². The van der Waals surface area contributed by atoms with Crippen LogP contribution < -0.4 is 5.32 Å². The summed E-state index contributed by atoms with van der Waals surface area (Å²) in [4.78, 5) is 12.6. The van der Waals surface area contributed by atoms with Crippen molar-refractivity contribution in [2.24, 2.45) is 23.2 Å². The normalized spacial score (nSPS) is 33.5. The zero-order valence-electron chi connectivity index (χ0n) is 15.6. The van der Waals surface area contributed by atoms with E-state index in [0.29, 0.717) is 12.0 Å². The van der Waals surface area contributed by atoms with Gasteiger partial charge < -0.3 is 10.4 Å². The minimum absolute atomic E-state index is 0.216. The lowest BCUT2D eigenvalue weighted by Crippen LogP contribution is -2.47. The van der Waals surface area contributed by atoms with E-state index in [0.717, 1.165) is 35.3 Å². The van der Waals surface area contributed by atoms with Crippen LogP contribution in [0.4, 0.5) is 0 Å². The average Bonchev–Trinajstić information content (AvgIpc) is 2.50. The Kier molecular flexibility index (Phi) is 4.18. The van der Waals surface area contributed by atoms with Crippen LogP contribution in [-0.2, 0) is 16.9 Å². The molecule has 1 aromatic rings. The van der Waals surface area contributed by atoms with Gasteiger partial charge in [0, 0.05) is 13.0 Å². The van der Waals surface area contributed by atoms with Crippen molar-refractivity contribution in [2.75, 3.05) is 0 Å². The molecule has 4 saturated carbocycles. The Hall–Kier alpha value is -1.35. The van der Waals surface area contributed by atoms with E-state index >= 15 is 0 Å². The van der Waals surface area contributed by atoms with Crippen LogP contribution >= 0.6 is 0 Å². The Balaban J connectivity index is 1.32. The van der Waals surface area contributed by atoms with Gasteiger partial charge in [-0.2, -0.15) is 0 Å². The predicted octanol–water partition coefficient (Wildman–Crippen LogP) is 4.14. The maximum atomic E-state index is 12.6. The molecule has 4 fully saturated rings. The zero-order valence-corrected chi connectivity index (χ0v) is 15.6. The maximum Gasteiger partial charge on any atom is 0.220 e. The molecule has 0 aliphatic heterocycles. The van der Waals surface area contributed by atoms with Crippen molar-refractivity contribution in [2.45, 2.75) is 70.9 Å². The van der Waals surface area contributed by atoms with Crippen molar-refractivity contribution in [3.63, 3.8) is 0 Å². The van der Waals surface area contributed by atoms with Crippen molar-refractivity contribution in [1.29, 1.82) is 0 Å². The third-order valence-electron chi connectivity index (χ3n) is 6.85. The molecule has 5 rings (SSSR count). The summed E-state index contributed by atoms with van der Waals surface area (Å²) in [6.45, 7) is 4.15. The van der Waals surface area contributed by atoms with Crippen LogP contribution in [0.1, 0.15) is 69.9 Å². The molecule has 0 radical (unpaired) electrons. The smallest absolute Gasteiger partial charge is 0.220 e. The SMILES string of the molecule is CC(C)(O)c1ccc(CNC(=O)CC23CC4CC(CC(C4)C2)C3)cc1. The van der Waals surface area contributed by atoms with Crippen LogP contribution in [0.3, 0.4) is 0 Å². The highest BCUT2D eigenvalue weighted by atomic mass is 16.3. The summed E-state index contributed by atoms with van der Waals surface area (Å²) in [6, 6.07) is 7.89. The molecule has 4 bridgehead atoms. The third-order valence-corrected chi connectivity index (χ3v) is 6.85. The zero-order chi connectivity index (χ0) is 17.7. The molecule has 0 spiro atoms. The fourth-order valence-electron chi connectivity index (χ4n) is 6.14. The van der Waals surface area contributed by atoms with Gasteiger partial charge in [-0.25, -0.2) is 0 Å². The van der Waals surface area contributed by atoms with Crippen LogP contribution in [0.25, 0.3) is 0 Å². The van der Waals surface area contributed by atoms with E-state index in [9.17, 15) is 9.90 Å². The lowest BCUT2D eigenvalue weighted by Gasteiger charge is -2.56. The first-order valence-electron chi connectivity index (χ1n) is 9.90. The molecule has 1 amide bonds. The minimum Gasteiger partial charge on any atom is -0.386 e. The molecule has 25 heavy (non-hydrogen) atoms. The van der Waals surface area contributed by atoms with E-state index in [4.69, 9.17) is 0 Å². The minimum atomic E-state index is -0.819. The topological polar surface area (TPSA) is 49.3 Å². The van der Waals surface area contributed by atoms with Crippen molar-refractivity contribution in [3.05, 3.63) is 35.4 Å². The molecular formula is C22H31NO2. The van der Waals surface area contributed by atoms with Gasteiger partial charge in [0.1, 0.15) is 0 Å². The highest BCUT2D eigenvalue weighted by Gasteiger charge is 2.51. The number of rotatable bonds is 5. The van der Waals surface area contributed by atoms with Gasteiger partial charge in [-0.15, -0.1) is 0 Å². The van der Waals surface area contributed by atoms with Crippen molar-refractivity contribution in [3.8, 4) is 0 Å². The highest BCUT2D eigenvalue weighted by molar-refractivity contribution is 5.76. The van der Waals surface area contributed by atoms with E-state index in [2.05, 4.69) is 5.32 Å². The van der Waals surface area contributed by atoms with Gasteiger partial charge in [0.2, 0.25) is 5.91 Å². The first-order chi connectivity index (χ1) is 11.8. The summed E-state index contributed by atoms with van der Waals surface area (Å²) in [5, 5.41) is 13.1. The molecule has 3 heteroatoms. The van der Waals surface area contributed by atoms with Crippen molar-refractivity contribution < 1.29 is 9.90 Å². The standard InChI is InChI=1S/C22H31NO2/c1-21(2,25)19-5-3-15(4-6-19)14-23-20(24)13-22-10-16-7-17(11-22)9-18(8-16)12-22/h3-6,16-18,25H,7-14H2,1-2H3,(H,23,24). The first kappa shape index (κ1) is 17.1. The van der Waals surface area contributed by atoms with E-state index in [1.165, 1.54) is 38.5 Å². The van der Waals surface area contributed by atoms with E-state index in [1.54, 1.807) is 13.8 Å². The monoisotopic (exact) mass is 341 g/mol. The lowest BCUT2D eigenvalue weighted by molar-refractivity contribution is -0.129. The molecule has 0 unspecified atom stereocenters. The quantitative estimate of drug-likeness (QED) is 0.846.